The van der Waals surface area contributed by atoms with Gasteiger partial charge in [-0.1, -0.05) is 37.6 Å². The van der Waals surface area contributed by atoms with E-state index in [1.54, 1.807) is 6.08 Å². The normalized spacial score (nSPS) is 21.4. The molecule has 0 amide bonds. The molecule has 0 N–H and O–H groups in total. The van der Waals surface area contributed by atoms with E-state index in [1.165, 1.54) is 0 Å². The van der Waals surface area contributed by atoms with Gasteiger partial charge in [-0.25, -0.2) is 4.39 Å². The minimum atomic E-state index is -0.798. The minimum absolute atomic E-state index is 0.557. The summed E-state index contributed by atoms with van der Waals surface area (Å²) in [6.07, 6.45) is 6.60. The molecule has 1 unspecified atom stereocenters. The van der Waals surface area contributed by atoms with E-state index >= 15 is 0 Å². The summed E-state index contributed by atoms with van der Waals surface area (Å²) in [5.74, 6) is 0.557. The molecule has 1 aliphatic heterocycles. The van der Waals surface area contributed by atoms with Crippen LogP contribution in [0.1, 0.15) is 32.6 Å². The third kappa shape index (κ3) is 4.48. The Morgan fingerprint density at radius 1 is 1.50 bits per heavy atom. The third-order valence-electron chi connectivity index (χ3n) is 3.33. The lowest BCUT2D eigenvalue weighted by Gasteiger charge is -2.29. The van der Waals surface area contributed by atoms with Crippen LogP contribution in [0.2, 0.25) is 0 Å². The average molecular weight is 225 g/mol. The molecule has 1 saturated heterocycles. The van der Waals surface area contributed by atoms with Crippen LogP contribution >= 0.6 is 0 Å². The quantitative estimate of drug-likeness (QED) is 0.646. The molecule has 16 heavy (non-hydrogen) atoms. The highest BCUT2D eigenvalue weighted by Gasteiger charge is 2.17. The number of likely N-dealkylation sites (tertiary alicyclic amines) is 1. The summed E-state index contributed by atoms with van der Waals surface area (Å²) in [5.41, 5.74) is 1.10. The van der Waals surface area contributed by atoms with Crippen LogP contribution in [0.3, 0.4) is 0 Å². The second-order valence-corrected chi connectivity index (χ2v) is 4.82. The second-order valence-electron chi connectivity index (χ2n) is 4.82. The van der Waals surface area contributed by atoms with Gasteiger partial charge in [-0.05, 0) is 45.3 Å². The number of hydrogen-bond acceptors (Lipinski definition) is 1. The van der Waals surface area contributed by atoms with Gasteiger partial charge in [0.25, 0.3) is 0 Å². The molecule has 0 saturated carbocycles. The van der Waals surface area contributed by atoms with E-state index in [2.05, 4.69) is 18.5 Å². The van der Waals surface area contributed by atoms with Crippen LogP contribution < -0.4 is 0 Å². The third-order valence-corrected chi connectivity index (χ3v) is 3.33. The van der Waals surface area contributed by atoms with Crippen molar-refractivity contribution in [3.05, 3.63) is 24.3 Å². The van der Waals surface area contributed by atoms with Crippen LogP contribution in [0.15, 0.2) is 24.3 Å². The Kier molecular flexibility index (Phi) is 5.75. The molecule has 0 bridgehead atoms. The lowest BCUT2D eigenvalue weighted by Crippen LogP contribution is -2.30. The van der Waals surface area contributed by atoms with Gasteiger partial charge in [-0.15, -0.1) is 0 Å². The van der Waals surface area contributed by atoms with Crippen LogP contribution in [0, 0.1) is 5.92 Å². The maximum Gasteiger partial charge on any atom is 0.119 e. The smallest absolute Gasteiger partial charge is 0.119 e. The molecule has 92 valence electrons. The van der Waals surface area contributed by atoms with Gasteiger partial charge in [0.05, 0.1) is 0 Å². The Bertz CT molecular complexity index is 239. The first kappa shape index (κ1) is 13.4. The van der Waals surface area contributed by atoms with Gasteiger partial charge >= 0.3 is 0 Å². The molecule has 0 aromatic heterocycles. The van der Waals surface area contributed by atoms with E-state index in [9.17, 15) is 4.39 Å². The van der Waals surface area contributed by atoms with Gasteiger partial charge in [0, 0.05) is 0 Å². The number of halogens is 1. The topological polar surface area (TPSA) is 3.24 Å². The highest BCUT2D eigenvalue weighted by atomic mass is 19.1. The summed E-state index contributed by atoms with van der Waals surface area (Å²) >= 11 is 0. The van der Waals surface area contributed by atoms with Crippen LogP contribution in [-0.2, 0) is 0 Å². The number of alkyl halides is 1. The molecule has 2 heteroatoms. The molecule has 1 nitrogen and oxygen atoms in total. The summed E-state index contributed by atoms with van der Waals surface area (Å²) < 4.78 is 13.3. The highest BCUT2D eigenvalue weighted by molar-refractivity contribution is 5.19. The number of piperidine rings is 1. The van der Waals surface area contributed by atoms with Gasteiger partial charge < -0.3 is 4.90 Å². The largest absolute Gasteiger partial charge is 0.306 e. The first-order valence-corrected chi connectivity index (χ1v) is 6.33. The van der Waals surface area contributed by atoms with E-state index in [4.69, 9.17) is 0 Å². The average Bonchev–Trinajstić information content (AvgIpc) is 2.27. The number of hydrogen-bond donors (Lipinski definition) is 0. The van der Waals surface area contributed by atoms with Crippen molar-refractivity contribution in [3.63, 3.8) is 0 Å². The summed E-state index contributed by atoms with van der Waals surface area (Å²) in [6.45, 7) is 8.33. The van der Waals surface area contributed by atoms with Crippen molar-refractivity contribution >= 4 is 0 Å². The molecule has 1 atom stereocenters. The van der Waals surface area contributed by atoms with E-state index in [1.807, 2.05) is 13.0 Å². The van der Waals surface area contributed by atoms with Crippen LogP contribution in [0.25, 0.3) is 0 Å². The van der Waals surface area contributed by atoms with Crippen molar-refractivity contribution in [2.75, 3.05) is 20.1 Å². The Morgan fingerprint density at radius 3 is 2.69 bits per heavy atom. The zero-order chi connectivity index (χ0) is 12.0. The number of allylic oxidation sites excluding steroid dienone is 3. The molecule has 0 spiro atoms. The Balaban J connectivity index is 2.34. The molecule has 0 aromatic rings. The number of rotatable bonds is 5. The van der Waals surface area contributed by atoms with E-state index in [0.29, 0.717) is 12.3 Å². The van der Waals surface area contributed by atoms with E-state index in [-0.39, 0.29) is 0 Å². The zero-order valence-corrected chi connectivity index (χ0v) is 10.6. The summed E-state index contributed by atoms with van der Waals surface area (Å²) in [6, 6.07) is 0. The molecular weight excluding hydrogens is 201 g/mol. The zero-order valence-electron chi connectivity index (χ0n) is 10.6. The van der Waals surface area contributed by atoms with Crippen molar-refractivity contribution < 1.29 is 4.39 Å². The van der Waals surface area contributed by atoms with Gasteiger partial charge in [0.2, 0.25) is 0 Å². The van der Waals surface area contributed by atoms with E-state index < -0.39 is 6.17 Å². The Labute approximate surface area is 99.0 Å². The van der Waals surface area contributed by atoms with Crippen molar-refractivity contribution in [2.24, 2.45) is 5.92 Å². The predicted molar refractivity (Wildman–Crippen MR) is 68.3 cm³/mol. The minimum Gasteiger partial charge on any atom is -0.306 e. The SMILES string of the molecule is C=C(/C=C\C(F)CCC)C1CCN(C)CC1. The molecular formula is C14H24FN. The van der Waals surface area contributed by atoms with Gasteiger partial charge in [-0.2, -0.15) is 0 Å². The van der Waals surface area contributed by atoms with Gasteiger partial charge in [0.1, 0.15) is 6.17 Å². The molecule has 1 fully saturated rings. The number of nitrogens with zero attached hydrogens (tertiary/aromatic N) is 1. The van der Waals surface area contributed by atoms with Crippen LogP contribution in [0.4, 0.5) is 4.39 Å². The molecule has 0 radical (unpaired) electrons. The lowest BCUT2D eigenvalue weighted by atomic mass is 9.90. The summed E-state index contributed by atoms with van der Waals surface area (Å²) in [4.78, 5) is 2.34. The monoisotopic (exact) mass is 225 g/mol. The fourth-order valence-electron chi connectivity index (χ4n) is 2.12. The summed E-state index contributed by atoms with van der Waals surface area (Å²) in [7, 11) is 2.15. The Hall–Kier alpha value is -0.630. The first-order chi connectivity index (χ1) is 7.63. The first-order valence-electron chi connectivity index (χ1n) is 6.33. The van der Waals surface area contributed by atoms with Crippen molar-refractivity contribution in [1.82, 2.24) is 4.90 Å². The van der Waals surface area contributed by atoms with Gasteiger partial charge in [-0.3, -0.25) is 0 Å². The van der Waals surface area contributed by atoms with Crippen molar-refractivity contribution in [1.29, 1.82) is 0 Å². The fourth-order valence-corrected chi connectivity index (χ4v) is 2.12. The fraction of sp³-hybridized carbons (Fsp3) is 0.714. The predicted octanol–water partition coefficient (Wildman–Crippen LogP) is 3.58. The standard InChI is InChI=1S/C14H24FN/c1-4-5-14(15)7-6-12(2)13-8-10-16(3)11-9-13/h6-7,13-14H,2,4-5,8-11H2,1,3H3/b7-6-. The molecule has 1 rings (SSSR count). The van der Waals surface area contributed by atoms with Crippen LogP contribution in [-0.4, -0.2) is 31.2 Å². The molecule has 0 aliphatic carbocycles. The maximum atomic E-state index is 13.3. The van der Waals surface area contributed by atoms with E-state index in [0.717, 1.165) is 37.9 Å². The van der Waals surface area contributed by atoms with Gasteiger partial charge in [0.15, 0.2) is 0 Å². The van der Waals surface area contributed by atoms with Crippen molar-refractivity contribution in [2.45, 2.75) is 38.8 Å². The lowest BCUT2D eigenvalue weighted by molar-refractivity contribution is 0.240. The Morgan fingerprint density at radius 2 is 2.12 bits per heavy atom. The maximum absolute atomic E-state index is 13.3. The summed E-state index contributed by atoms with van der Waals surface area (Å²) in [5, 5.41) is 0. The second kappa shape index (κ2) is 6.85. The molecule has 1 aliphatic rings. The van der Waals surface area contributed by atoms with Crippen molar-refractivity contribution in [3.8, 4) is 0 Å². The highest BCUT2D eigenvalue weighted by Crippen LogP contribution is 2.24. The molecule has 1 heterocycles. The molecule has 0 aromatic carbocycles. The van der Waals surface area contributed by atoms with Crippen LogP contribution in [0.5, 0.6) is 0 Å².